The number of hydrogen-bond donors (Lipinski definition) is 2. The van der Waals surface area contributed by atoms with Crippen LogP contribution in [0.25, 0.3) is 0 Å². The first kappa shape index (κ1) is 24.4. The SMILES string of the molecule is COc1cc(CNCCOc2ccccc2)ccc1OC[C@H](O)CN1CCCCCCC1. The van der Waals surface area contributed by atoms with Crippen molar-refractivity contribution in [3.05, 3.63) is 54.1 Å². The Hall–Kier alpha value is -2.28. The van der Waals surface area contributed by atoms with Crippen molar-refractivity contribution >= 4 is 0 Å². The molecule has 0 amide bonds. The van der Waals surface area contributed by atoms with Gasteiger partial charge in [-0.05, 0) is 55.8 Å². The second kappa shape index (κ2) is 14.0. The van der Waals surface area contributed by atoms with Crippen molar-refractivity contribution in [2.75, 3.05) is 46.5 Å². The number of aliphatic hydroxyl groups is 1. The zero-order valence-corrected chi connectivity index (χ0v) is 19.3. The first-order chi connectivity index (χ1) is 15.7. The molecule has 0 saturated carbocycles. The van der Waals surface area contributed by atoms with Gasteiger partial charge in [0.2, 0.25) is 0 Å². The molecule has 1 heterocycles. The van der Waals surface area contributed by atoms with Gasteiger partial charge in [0, 0.05) is 19.6 Å². The minimum atomic E-state index is -0.509. The molecule has 2 aromatic rings. The molecule has 1 saturated heterocycles. The fraction of sp³-hybridized carbons (Fsp3) is 0.538. The molecule has 0 radical (unpaired) electrons. The molecular weight excluding hydrogens is 404 g/mol. The van der Waals surface area contributed by atoms with Crippen LogP contribution in [-0.2, 0) is 6.54 Å². The topological polar surface area (TPSA) is 63.2 Å². The van der Waals surface area contributed by atoms with Gasteiger partial charge in [0.1, 0.15) is 25.1 Å². The molecule has 0 spiro atoms. The largest absolute Gasteiger partial charge is 0.493 e. The van der Waals surface area contributed by atoms with Crippen LogP contribution >= 0.6 is 0 Å². The Labute approximate surface area is 192 Å². The quantitative estimate of drug-likeness (QED) is 0.487. The zero-order valence-electron chi connectivity index (χ0n) is 19.3. The fourth-order valence-corrected chi connectivity index (χ4v) is 3.96. The standard InChI is InChI=1S/C26H38N2O4/c1-30-26-18-22(19-27-14-17-31-24-10-6-5-7-11-24)12-13-25(26)32-21-23(29)20-28-15-8-3-2-4-9-16-28/h5-7,10-13,18,23,27,29H,2-4,8-9,14-17,19-21H2,1H3/t23-/m1/s1. The van der Waals surface area contributed by atoms with Gasteiger partial charge in [-0.1, -0.05) is 43.5 Å². The van der Waals surface area contributed by atoms with Gasteiger partial charge in [-0.25, -0.2) is 0 Å². The molecule has 1 atom stereocenters. The van der Waals surface area contributed by atoms with E-state index in [-0.39, 0.29) is 6.61 Å². The minimum absolute atomic E-state index is 0.265. The van der Waals surface area contributed by atoms with Crippen molar-refractivity contribution in [1.29, 1.82) is 0 Å². The second-order valence-corrected chi connectivity index (χ2v) is 8.36. The van der Waals surface area contributed by atoms with E-state index in [0.29, 0.717) is 31.2 Å². The summed E-state index contributed by atoms with van der Waals surface area (Å²) >= 11 is 0. The summed E-state index contributed by atoms with van der Waals surface area (Å²) in [6.07, 6.45) is 5.85. The maximum atomic E-state index is 10.5. The maximum absolute atomic E-state index is 10.5. The Morgan fingerprint density at radius 2 is 1.69 bits per heavy atom. The van der Waals surface area contributed by atoms with Crippen LogP contribution in [0.5, 0.6) is 17.2 Å². The van der Waals surface area contributed by atoms with E-state index in [1.54, 1.807) is 7.11 Å². The summed E-state index contributed by atoms with van der Waals surface area (Å²) in [6.45, 7) is 5.13. The summed E-state index contributed by atoms with van der Waals surface area (Å²) in [4.78, 5) is 2.36. The summed E-state index contributed by atoms with van der Waals surface area (Å²) in [5.41, 5.74) is 1.11. The van der Waals surface area contributed by atoms with Crippen LogP contribution < -0.4 is 19.5 Å². The predicted molar refractivity (Wildman–Crippen MR) is 128 cm³/mol. The Balaban J connectivity index is 1.39. The molecule has 32 heavy (non-hydrogen) atoms. The lowest BCUT2D eigenvalue weighted by Gasteiger charge is -2.26. The number of nitrogens with zero attached hydrogens (tertiary/aromatic N) is 1. The third-order valence-electron chi connectivity index (χ3n) is 5.70. The van der Waals surface area contributed by atoms with Gasteiger partial charge in [0.25, 0.3) is 0 Å². The molecule has 0 aliphatic carbocycles. The van der Waals surface area contributed by atoms with E-state index in [1.165, 1.54) is 32.1 Å². The molecule has 3 rings (SSSR count). The number of benzene rings is 2. The van der Waals surface area contributed by atoms with Crippen LogP contribution in [0.1, 0.15) is 37.7 Å². The summed E-state index contributed by atoms with van der Waals surface area (Å²) in [6, 6.07) is 15.7. The van der Waals surface area contributed by atoms with Crippen molar-refractivity contribution in [3.63, 3.8) is 0 Å². The zero-order chi connectivity index (χ0) is 22.4. The number of methoxy groups -OCH3 is 1. The molecule has 0 unspecified atom stereocenters. The second-order valence-electron chi connectivity index (χ2n) is 8.36. The van der Waals surface area contributed by atoms with E-state index in [2.05, 4.69) is 10.2 Å². The number of para-hydroxylation sites is 1. The number of nitrogens with one attached hydrogen (secondary N) is 1. The van der Waals surface area contributed by atoms with Crippen LogP contribution in [0.4, 0.5) is 0 Å². The Morgan fingerprint density at radius 1 is 0.938 bits per heavy atom. The molecule has 6 nitrogen and oxygen atoms in total. The smallest absolute Gasteiger partial charge is 0.161 e. The van der Waals surface area contributed by atoms with E-state index in [1.807, 2.05) is 48.5 Å². The fourth-order valence-electron chi connectivity index (χ4n) is 3.96. The van der Waals surface area contributed by atoms with E-state index >= 15 is 0 Å². The van der Waals surface area contributed by atoms with E-state index in [0.717, 1.165) is 30.9 Å². The van der Waals surface area contributed by atoms with Crippen molar-refractivity contribution in [1.82, 2.24) is 10.2 Å². The number of likely N-dealkylation sites (tertiary alicyclic amines) is 1. The molecule has 176 valence electrons. The number of β-amino-alcohol motifs (C(OH)–C–C–N with tert-alkyl or cyclic N) is 1. The molecule has 0 bridgehead atoms. The van der Waals surface area contributed by atoms with Gasteiger partial charge in [-0.3, -0.25) is 0 Å². The third-order valence-corrected chi connectivity index (χ3v) is 5.70. The number of aliphatic hydroxyl groups excluding tert-OH is 1. The number of rotatable bonds is 12. The highest BCUT2D eigenvalue weighted by Crippen LogP contribution is 2.28. The number of hydrogen-bond acceptors (Lipinski definition) is 6. The first-order valence-electron chi connectivity index (χ1n) is 11.8. The first-order valence-corrected chi connectivity index (χ1v) is 11.8. The number of ether oxygens (including phenoxy) is 3. The van der Waals surface area contributed by atoms with E-state index in [4.69, 9.17) is 14.2 Å². The molecule has 1 aliphatic heterocycles. The monoisotopic (exact) mass is 442 g/mol. The molecular formula is C26H38N2O4. The highest BCUT2D eigenvalue weighted by Gasteiger charge is 2.15. The highest BCUT2D eigenvalue weighted by molar-refractivity contribution is 5.43. The average Bonchev–Trinajstić information content (AvgIpc) is 2.80. The van der Waals surface area contributed by atoms with Crippen molar-refractivity contribution < 1.29 is 19.3 Å². The Morgan fingerprint density at radius 3 is 2.44 bits per heavy atom. The van der Waals surface area contributed by atoms with Crippen LogP contribution in [-0.4, -0.2) is 62.6 Å². The Bertz CT molecular complexity index is 764. The molecule has 1 fully saturated rings. The lowest BCUT2D eigenvalue weighted by atomic mass is 10.1. The summed E-state index contributed by atoms with van der Waals surface area (Å²) in [7, 11) is 1.64. The van der Waals surface area contributed by atoms with Gasteiger partial charge in [-0.15, -0.1) is 0 Å². The lowest BCUT2D eigenvalue weighted by molar-refractivity contribution is 0.0645. The van der Waals surface area contributed by atoms with Crippen LogP contribution in [0.2, 0.25) is 0 Å². The highest BCUT2D eigenvalue weighted by atomic mass is 16.5. The minimum Gasteiger partial charge on any atom is -0.493 e. The lowest BCUT2D eigenvalue weighted by Crippen LogP contribution is -2.37. The van der Waals surface area contributed by atoms with Crippen molar-refractivity contribution in [2.24, 2.45) is 0 Å². The molecule has 0 aromatic heterocycles. The summed E-state index contributed by atoms with van der Waals surface area (Å²) in [5.74, 6) is 2.23. The molecule has 1 aliphatic rings. The van der Waals surface area contributed by atoms with Crippen LogP contribution in [0, 0.1) is 0 Å². The van der Waals surface area contributed by atoms with Gasteiger partial charge in [-0.2, -0.15) is 0 Å². The average molecular weight is 443 g/mol. The van der Waals surface area contributed by atoms with Crippen LogP contribution in [0.3, 0.4) is 0 Å². The van der Waals surface area contributed by atoms with E-state index < -0.39 is 6.10 Å². The molecule has 2 aromatic carbocycles. The van der Waals surface area contributed by atoms with Crippen LogP contribution in [0.15, 0.2) is 48.5 Å². The van der Waals surface area contributed by atoms with Gasteiger partial charge in [0.05, 0.1) is 7.11 Å². The maximum Gasteiger partial charge on any atom is 0.161 e. The van der Waals surface area contributed by atoms with Gasteiger partial charge in [0.15, 0.2) is 11.5 Å². The normalized spacial score (nSPS) is 16.1. The van der Waals surface area contributed by atoms with Crippen molar-refractivity contribution in [3.8, 4) is 17.2 Å². The van der Waals surface area contributed by atoms with E-state index in [9.17, 15) is 5.11 Å². The molecule has 6 heteroatoms. The predicted octanol–water partition coefficient (Wildman–Crippen LogP) is 3.87. The van der Waals surface area contributed by atoms with Gasteiger partial charge < -0.3 is 29.5 Å². The van der Waals surface area contributed by atoms with Gasteiger partial charge >= 0.3 is 0 Å². The third kappa shape index (κ3) is 8.69. The summed E-state index contributed by atoms with van der Waals surface area (Å²) < 4.78 is 17.1. The summed E-state index contributed by atoms with van der Waals surface area (Å²) in [5, 5.41) is 13.8. The van der Waals surface area contributed by atoms with Crippen molar-refractivity contribution in [2.45, 2.75) is 44.8 Å². The Kier molecular flexibility index (Phi) is 10.7. The molecule has 2 N–H and O–H groups in total.